The van der Waals surface area contributed by atoms with Gasteiger partial charge in [0.25, 0.3) is 11.9 Å². The van der Waals surface area contributed by atoms with Crippen molar-refractivity contribution in [1.82, 2.24) is 0 Å². The molecule has 2 aromatic rings. The van der Waals surface area contributed by atoms with Crippen LogP contribution in [0.5, 0.6) is 28.7 Å². The van der Waals surface area contributed by atoms with Crippen LogP contribution >= 0.6 is 0 Å². The first kappa shape index (κ1) is 37.2. The molecule has 2 aromatic carbocycles. The summed E-state index contributed by atoms with van der Waals surface area (Å²) in [5.74, 6) is -1.51. The molecule has 0 bridgehead atoms. The number of rotatable bonds is 9. The van der Waals surface area contributed by atoms with Crippen molar-refractivity contribution in [3.05, 3.63) is 47.2 Å². The highest BCUT2D eigenvalue weighted by molar-refractivity contribution is 5.69. The summed E-state index contributed by atoms with van der Waals surface area (Å²) < 4.78 is 38.4. The summed E-state index contributed by atoms with van der Waals surface area (Å²) >= 11 is 0. The molecule has 3 fully saturated rings. The third kappa shape index (κ3) is 7.26. The zero-order valence-corrected chi connectivity index (χ0v) is 26.8. The van der Waals surface area contributed by atoms with Gasteiger partial charge in [0.05, 0.1) is 30.9 Å². The van der Waals surface area contributed by atoms with Crippen molar-refractivity contribution in [1.29, 1.82) is 0 Å². The fraction of sp³-hybridized carbons (Fsp3) is 0.562. The maximum Gasteiger partial charge on any atom is 0.270 e. The van der Waals surface area contributed by atoms with E-state index in [0.29, 0.717) is 0 Å². The highest BCUT2D eigenvalue weighted by Gasteiger charge is 2.51. The summed E-state index contributed by atoms with van der Waals surface area (Å²) in [5.41, 5.74) is 0.386. The van der Waals surface area contributed by atoms with Crippen LogP contribution in [0.4, 0.5) is 0 Å². The molecule has 4 heterocycles. The van der Waals surface area contributed by atoms with Crippen LogP contribution in [0.15, 0.2) is 36.1 Å². The molecule has 282 valence electrons. The first-order valence-electron chi connectivity index (χ1n) is 16.0. The number of benzene rings is 2. The number of ether oxygens (including phenoxy) is 7. The number of phenols is 4. The first-order chi connectivity index (χ1) is 24.2. The number of aliphatic hydroxyl groups is 9. The zero-order valence-electron chi connectivity index (χ0n) is 26.8. The Morgan fingerprint density at radius 2 is 1.35 bits per heavy atom. The number of aliphatic hydroxyl groups excluding tert-OH is 8. The fourth-order valence-corrected chi connectivity index (χ4v) is 6.27. The second-order valence-corrected chi connectivity index (χ2v) is 12.7. The topological polar surface area (TPSA) is 311 Å². The molecule has 4 aliphatic rings. The first-order valence-corrected chi connectivity index (χ1v) is 16.0. The Hall–Kier alpha value is -3.54. The van der Waals surface area contributed by atoms with Crippen LogP contribution in [0.2, 0.25) is 0 Å². The summed E-state index contributed by atoms with van der Waals surface area (Å²) in [5, 5.41) is 124. The molecular weight excluding hydrogens is 688 g/mol. The number of hydrogen-bond acceptors (Lipinski definition) is 18. The standard InChI is InChI=1S/C32H40O19/c1-10-28(51-32-25(42)21(38)19(8-33)49-32)24(41)27(44)30(46-10)45-9-20-22(39)23(40)26(43)31(50-20)48-18-7-13-15(36)5-12(34)6-17(13)47-29(18)11-2-3-14(35)16(37)4-11/h2-7,10,19-44H,8-9H2,1H3/p+1/t10-,19+,20+,21-,22+,23-,24-,25+,26+,27+,28-,29?,30+,31+,32-/m0/s1. The highest BCUT2D eigenvalue weighted by atomic mass is 16.8. The SMILES string of the molecule is C[C@@H]1O[C@@H](OC[C@H]2O[C@@H](OC3=Cc4c(O)cc(O)cc4[OH+]C3c3ccc(O)c(O)c3)[C@H](O)[C@@H](O)[C@@H]2O)[C@H](O)[C@H](O)[C@H]1O[C@@H]1O[C@H](CO)[C@H](O)[C@H]1O. The van der Waals surface area contributed by atoms with Crippen molar-refractivity contribution in [2.24, 2.45) is 0 Å². The van der Waals surface area contributed by atoms with E-state index in [-0.39, 0.29) is 34.1 Å². The molecule has 15 atom stereocenters. The monoisotopic (exact) mass is 729 g/mol. The van der Waals surface area contributed by atoms with Crippen LogP contribution in [-0.2, 0) is 28.4 Å². The van der Waals surface area contributed by atoms with Crippen molar-refractivity contribution in [2.45, 2.75) is 99.0 Å². The molecule has 0 aromatic heterocycles. The van der Waals surface area contributed by atoms with Crippen LogP contribution < -0.4 is 0 Å². The van der Waals surface area contributed by atoms with Crippen LogP contribution in [0, 0.1) is 0 Å². The summed E-state index contributed by atoms with van der Waals surface area (Å²) in [6, 6.07) is 6.14. The molecule has 51 heavy (non-hydrogen) atoms. The maximum atomic E-state index is 10.8. The minimum absolute atomic E-state index is 0.0795. The predicted molar refractivity (Wildman–Crippen MR) is 165 cm³/mol. The number of phenolic OH excluding ortho intramolecular Hbond substituents is 4. The van der Waals surface area contributed by atoms with Crippen molar-refractivity contribution in [3.63, 3.8) is 0 Å². The van der Waals surface area contributed by atoms with Gasteiger partial charge in [-0.05, 0) is 25.1 Å². The van der Waals surface area contributed by atoms with E-state index in [4.69, 9.17) is 28.4 Å². The molecule has 1 unspecified atom stereocenters. The predicted octanol–water partition coefficient (Wildman–Crippen LogP) is -3.02. The van der Waals surface area contributed by atoms with Gasteiger partial charge in [-0.15, -0.1) is 0 Å². The van der Waals surface area contributed by atoms with E-state index in [1.54, 1.807) is 0 Å². The second kappa shape index (κ2) is 14.8. The number of hydrogen-bond donors (Lipinski definition) is 12. The minimum Gasteiger partial charge on any atom is -0.571 e. The van der Waals surface area contributed by atoms with Gasteiger partial charge in [-0.25, -0.2) is 0 Å². The molecule has 0 spiro atoms. The summed E-state index contributed by atoms with van der Waals surface area (Å²) in [4.78, 5) is 0. The van der Waals surface area contributed by atoms with E-state index in [2.05, 4.69) is 4.74 Å². The lowest BCUT2D eigenvalue weighted by Gasteiger charge is -2.44. The molecule has 19 nitrogen and oxygen atoms in total. The molecule has 3 saturated heterocycles. The smallest absolute Gasteiger partial charge is 0.270 e. The van der Waals surface area contributed by atoms with E-state index in [1.165, 1.54) is 37.3 Å². The van der Waals surface area contributed by atoms with Gasteiger partial charge in [0.1, 0.15) is 78.1 Å². The van der Waals surface area contributed by atoms with Crippen LogP contribution in [-0.4, -0.2) is 165 Å². The highest BCUT2D eigenvalue weighted by Crippen LogP contribution is 2.46. The molecule has 0 amide bonds. The molecule has 6 rings (SSSR count). The molecule has 19 heteroatoms. The average Bonchev–Trinajstić information content (AvgIpc) is 3.37. The third-order valence-electron chi connectivity index (χ3n) is 9.17. The third-order valence-corrected chi connectivity index (χ3v) is 9.17. The van der Waals surface area contributed by atoms with Gasteiger partial charge in [-0.2, -0.15) is 0 Å². The Bertz CT molecular complexity index is 1570. The quantitative estimate of drug-likeness (QED) is 0.0903. The van der Waals surface area contributed by atoms with E-state index >= 15 is 0 Å². The van der Waals surface area contributed by atoms with Gasteiger partial charge < -0.3 is 94.4 Å². The van der Waals surface area contributed by atoms with Crippen molar-refractivity contribution in [3.8, 4) is 28.7 Å². The minimum atomic E-state index is -1.86. The van der Waals surface area contributed by atoms with E-state index in [9.17, 15) is 61.3 Å². The molecule has 0 aliphatic carbocycles. The van der Waals surface area contributed by atoms with E-state index in [0.717, 1.165) is 6.07 Å². The molecule has 0 radical (unpaired) electrons. The summed E-state index contributed by atoms with van der Waals surface area (Å²) in [6.07, 6.45) is -21.3. The van der Waals surface area contributed by atoms with Crippen LogP contribution in [0.25, 0.3) is 6.08 Å². The molecular formula is C32H41O19+. The largest absolute Gasteiger partial charge is 0.571 e. The Kier molecular flexibility index (Phi) is 10.8. The van der Waals surface area contributed by atoms with Crippen LogP contribution in [0.1, 0.15) is 24.2 Å². The summed E-state index contributed by atoms with van der Waals surface area (Å²) in [7, 11) is 0. The van der Waals surface area contributed by atoms with Crippen LogP contribution in [0.3, 0.4) is 0 Å². The van der Waals surface area contributed by atoms with Gasteiger partial charge >= 0.3 is 0 Å². The van der Waals surface area contributed by atoms with E-state index < -0.39 is 117 Å². The van der Waals surface area contributed by atoms with E-state index in [1.807, 2.05) is 0 Å². The number of fused-ring (bicyclic) bond motifs is 1. The Labute approximate surface area is 288 Å². The lowest BCUT2D eigenvalue weighted by Crippen LogP contribution is -2.61. The lowest BCUT2D eigenvalue weighted by atomic mass is 9.98. The Morgan fingerprint density at radius 1 is 0.686 bits per heavy atom. The van der Waals surface area contributed by atoms with Crippen molar-refractivity contribution < 1.29 is 94.4 Å². The molecule has 0 saturated carbocycles. The van der Waals surface area contributed by atoms with Gasteiger partial charge in [-0.3, -0.25) is 0 Å². The fourth-order valence-electron chi connectivity index (χ4n) is 6.27. The van der Waals surface area contributed by atoms with Gasteiger partial charge in [0.2, 0.25) is 6.29 Å². The van der Waals surface area contributed by atoms with Gasteiger partial charge in [0, 0.05) is 12.1 Å². The lowest BCUT2D eigenvalue weighted by molar-refractivity contribution is -0.338. The van der Waals surface area contributed by atoms with Gasteiger partial charge in [-0.1, -0.05) is 0 Å². The Morgan fingerprint density at radius 3 is 2.04 bits per heavy atom. The van der Waals surface area contributed by atoms with Gasteiger partial charge in [0.15, 0.2) is 29.8 Å². The average molecular weight is 730 g/mol. The summed E-state index contributed by atoms with van der Waals surface area (Å²) in [6.45, 7) is 0.258. The van der Waals surface area contributed by atoms with Crippen molar-refractivity contribution in [2.75, 3.05) is 13.2 Å². The molecule has 13 N–H and O–H groups in total. The Balaban J connectivity index is 1.15. The molecule has 4 aliphatic heterocycles. The van der Waals surface area contributed by atoms with Crippen molar-refractivity contribution >= 4 is 6.08 Å². The zero-order chi connectivity index (χ0) is 36.9. The maximum absolute atomic E-state index is 10.8. The normalized spacial score (nSPS) is 39.5. The number of aromatic hydroxyl groups is 5. The second-order valence-electron chi connectivity index (χ2n) is 12.7.